The van der Waals surface area contributed by atoms with Crippen molar-refractivity contribution in [2.75, 3.05) is 6.16 Å². The van der Waals surface area contributed by atoms with Gasteiger partial charge in [-0.2, -0.15) is 0 Å². The van der Waals surface area contributed by atoms with E-state index in [4.69, 9.17) is 0 Å². The Morgan fingerprint density at radius 1 is 0.488 bits per heavy atom. The van der Waals surface area contributed by atoms with Gasteiger partial charge in [0.15, 0.2) is 11.6 Å². The predicted octanol–water partition coefficient (Wildman–Crippen LogP) is 9.96. The fraction of sp³-hybridized carbons (Fsp3) is 0.400. The first kappa shape index (κ1) is 36.1. The molecule has 230 valence electrons. The highest BCUT2D eigenvalue weighted by Gasteiger charge is 2.44. The molecule has 0 atom stereocenters. The lowest BCUT2D eigenvalue weighted by Crippen LogP contribution is -2.33. The number of ketones is 2. The van der Waals surface area contributed by atoms with E-state index in [9.17, 15) is 9.59 Å². The van der Waals surface area contributed by atoms with Gasteiger partial charge >= 0.3 is 0 Å². The first-order valence-electron chi connectivity index (χ1n) is 16.6. The van der Waals surface area contributed by atoms with E-state index < -0.39 is 7.26 Å². The Morgan fingerprint density at radius 2 is 0.860 bits per heavy atom. The van der Waals surface area contributed by atoms with Gasteiger partial charge in [0.2, 0.25) is 0 Å². The van der Waals surface area contributed by atoms with Crippen molar-refractivity contribution in [3.8, 4) is 0 Å². The summed E-state index contributed by atoms with van der Waals surface area (Å²) in [6, 6.07) is 33.5. The third-order valence-electron chi connectivity index (χ3n) is 8.15. The van der Waals surface area contributed by atoms with E-state index in [1.54, 1.807) is 19.9 Å². The average Bonchev–Trinajstić information content (AvgIpc) is 3.08. The van der Waals surface area contributed by atoms with Gasteiger partial charge in [-0.25, -0.2) is 0 Å². The van der Waals surface area contributed by atoms with E-state index >= 15 is 0 Å². The van der Waals surface area contributed by atoms with Crippen LogP contribution in [0.4, 0.5) is 0 Å². The molecule has 0 bridgehead atoms. The Morgan fingerprint density at radius 3 is 1.28 bits per heavy atom. The van der Waals surface area contributed by atoms with Crippen molar-refractivity contribution in [1.29, 1.82) is 0 Å². The van der Waals surface area contributed by atoms with Gasteiger partial charge in [-0.15, -0.1) is 0 Å². The summed E-state index contributed by atoms with van der Waals surface area (Å²) in [5, 5.41) is 4.41. The largest absolute Gasteiger partial charge is 0.290 e. The van der Waals surface area contributed by atoms with Gasteiger partial charge < -0.3 is 0 Å². The number of carbonyl (C=O) groups excluding carboxylic acids is 2. The molecule has 3 heteroatoms. The summed E-state index contributed by atoms with van der Waals surface area (Å²) in [5.41, 5.74) is 1.92. The molecular formula is C40H54O2P+. The lowest BCUT2D eigenvalue weighted by atomic mass is 9.88. The van der Waals surface area contributed by atoms with Crippen LogP contribution in [0.3, 0.4) is 0 Å². The zero-order valence-electron chi connectivity index (χ0n) is 27.6. The van der Waals surface area contributed by atoms with Gasteiger partial charge in [0.05, 0.1) is 6.16 Å². The number of hydrogen-bond acceptors (Lipinski definition) is 2. The Hall–Kier alpha value is -3.09. The highest BCUT2D eigenvalue weighted by atomic mass is 31.2. The van der Waals surface area contributed by atoms with E-state index in [2.05, 4.69) is 91.0 Å². The molecule has 2 nitrogen and oxygen atoms in total. The third kappa shape index (κ3) is 9.97. The highest BCUT2D eigenvalue weighted by molar-refractivity contribution is 7.95. The monoisotopic (exact) mass is 597 g/mol. The normalized spacial score (nSPS) is 13.0. The number of rotatable bonds is 14. The Balaban J connectivity index is 0.00000155. The molecule has 43 heavy (non-hydrogen) atoms. The molecule has 0 fully saturated rings. The maximum Gasteiger partial charge on any atom is 0.185 e. The fourth-order valence-corrected chi connectivity index (χ4v) is 10.1. The molecule has 0 radical (unpaired) electrons. The van der Waals surface area contributed by atoms with Crippen LogP contribution in [0.2, 0.25) is 0 Å². The van der Waals surface area contributed by atoms with E-state index in [-0.39, 0.29) is 11.6 Å². The standard InChI is InChI=1S/C36H42O2P.2C2H6/c1-29-30(2)36(38)31(28-35(29)37)20-12-7-5-3-4-6-8-19-27-39(32-21-13-9-14-22-32,33-23-15-10-16-24-33)34-25-17-11-18-26-34;2*1-2/h9-11,13-18,21-26,28H,3-8,12,19-20,27H2,1-2H3;2*1-2H3/q+1;;. The molecule has 0 aromatic heterocycles. The first-order chi connectivity index (χ1) is 21.0. The molecule has 0 spiro atoms. The highest BCUT2D eigenvalue weighted by Crippen LogP contribution is 2.56. The van der Waals surface area contributed by atoms with Crippen molar-refractivity contribution < 1.29 is 9.59 Å². The summed E-state index contributed by atoms with van der Waals surface area (Å²) < 4.78 is 0. The number of allylic oxidation sites excluding steroid dienone is 4. The fourth-order valence-electron chi connectivity index (χ4n) is 5.72. The number of hydrogen-bond donors (Lipinski definition) is 0. The van der Waals surface area contributed by atoms with Crippen molar-refractivity contribution >= 4 is 34.7 Å². The number of unbranched alkanes of at least 4 members (excludes halogenated alkanes) is 7. The maximum atomic E-state index is 12.4. The lowest BCUT2D eigenvalue weighted by molar-refractivity contribution is -0.116. The van der Waals surface area contributed by atoms with Crippen LogP contribution in [0.1, 0.15) is 99.3 Å². The van der Waals surface area contributed by atoms with E-state index in [1.807, 2.05) is 27.7 Å². The zero-order chi connectivity index (χ0) is 31.5. The van der Waals surface area contributed by atoms with Crippen molar-refractivity contribution in [2.24, 2.45) is 0 Å². The predicted molar refractivity (Wildman–Crippen MR) is 191 cm³/mol. The van der Waals surface area contributed by atoms with Crippen LogP contribution in [-0.2, 0) is 9.59 Å². The van der Waals surface area contributed by atoms with Gasteiger partial charge in [0.1, 0.15) is 23.2 Å². The third-order valence-corrected chi connectivity index (χ3v) is 12.7. The van der Waals surface area contributed by atoms with Gasteiger partial charge in [0, 0.05) is 16.7 Å². The van der Waals surface area contributed by atoms with Crippen LogP contribution in [0.25, 0.3) is 0 Å². The van der Waals surface area contributed by atoms with Crippen molar-refractivity contribution in [3.05, 3.63) is 114 Å². The second-order valence-corrected chi connectivity index (χ2v) is 14.3. The lowest BCUT2D eigenvalue weighted by Gasteiger charge is -2.27. The van der Waals surface area contributed by atoms with Crippen LogP contribution < -0.4 is 15.9 Å². The molecular weight excluding hydrogens is 543 g/mol. The quantitative estimate of drug-likeness (QED) is 0.105. The summed E-state index contributed by atoms with van der Waals surface area (Å²) in [5.74, 6) is 0.0629. The SMILES string of the molecule is CC.CC.CC1=C(C)C(=O)C(CCCCCCCCCC[P+](c2ccccc2)(c2ccccc2)c2ccccc2)=CC1=O. The molecule has 0 saturated heterocycles. The van der Waals surface area contributed by atoms with E-state index in [1.165, 1.54) is 60.6 Å². The van der Waals surface area contributed by atoms with Gasteiger partial charge in [-0.1, -0.05) is 114 Å². The van der Waals surface area contributed by atoms with Crippen molar-refractivity contribution in [3.63, 3.8) is 0 Å². The average molecular weight is 598 g/mol. The molecule has 0 N–H and O–H groups in total. The minimum absolute atomic E-state index is 0.000334. The van der Waals surface area contributed by atoms with Crippen LogP contribution >= 0.6 is 7.26 Å². The Bertz CT molecular complexity index is 1190. The van der Waals surface area contributed by atoms with Gasteiger partial charge in [-0.3, -0.25) is 9.59 Å². The van der Waals surface area contributed by atoms with Crippen LogP contribution in [-0.4, -0.2) is 17.7 Å². The maximum absolute atomic E-state index is 12.4. The molecule has 3 aromatic rings. The topological polar surface area (TPSA) is 34.1 Å². The molecule has 0 saturated carbocycles. The number of Topliss-reactive ketones (excluding diaryl/α,β-unsaturated/α-hetero) is 1. The molecule has 1 aliphatic rings. The number of benzene rings is 3. The molecule has 0 amide bonds. The summed E-state index contributed by atoms with van der Waals surface area (Å²) in [7, 11) is -1.72. The van der Waals surface area contributed by atoms with Gasteiger partial charge in [0.25, 0.3) is 0 Å². The van der Waals surface area contributed by atoms with E-state index in [0.29, 0.717) is 16.7 Å². The molecule has 3 aromatic carbocycles. The van der Waals surface area contributed by atoms with Crippen molar-refractivity contribution in [2.45, 2.75) is 99.3 Å². The summed E-state index contributed by atoms with van der Waals surface area (Å²) in [6.07, 6.45) is 13.0. The summed E-state index contributed by atoms with van der Waals surface area (Å²) in [6.45, 7) is 11.5. The minimum atomic E-state index is -1.72. The van der Waals surface area contributed by atoms with Crippen LogP contribution in [0.5, 0.6) is 0 Å². The Labute approximate surface area is 263 Å². The molecule has 4 rings (SSSR count). The van der Waals surface area contributed by atoms with Crippen molar-refractivity contribution in [1.82, 2.24) is 0 Å². The molecule has 0 unspecified atom stereocenters. The van der Waals surface area contributed by atoms with E-state index in [0.717, 1.165) is 19.3 Å². The summed E-state index contributed by atoms with van der Waals surface area (Å²) >= 11 is 0. The molecule has 1 aliphatic carbocycles. The molecule has 0 heterocycles. The Kier molecular flexibility index (Phi) is 16.8. The van der Waals surface area contributed by atoms with Crippen LogP contribution in [0.15, 0.2) is 114 Å². The molecule has 0 aliphatic heterocycles. The number of carbonyl (C=O) groups is 2. The van der Waals surface area contributed by atoms with Gasteiger partial charge in [-0.05, 0) is 82.0 Å². The second-order valence-electron chi connectivity index (χ2n) is 10.7. The second kappa shape index (κ2) is 20.0. The summed E-state index contributed by atoms with van der Waals surface area (Å²) in [4.78, 5) is 24.5. The minimum Gasteiger partial charge on any atom is -0.290 e. The zero-order valence-corrected chi connectivity index (χ0v) is 28.5. The first-order valence-corrected chi connectivity index (χ1v) is 18.5. The smallest absolute Gasteiger partial charge is 0.185 e. The van der Waals surface area contributed by atoms with Crippen LogP contribution in [0, 0.1) is 0 Å².